The van der Waals surface area contributed by atoms with Crippen molar-refractivity contribution < 1.29 is 0 Å². The average Bonchev–Trinajstić information content (AvgIpc) is 2.35. The highest BCUT2D eigenvalue weighted by atomic mass is 14.8. The first-order chi connectivity index (χ1) is 8.13. The lowest BCUT2D eigenvalue weighted by Crippen LogP contribution is -2.20. The molecule has 0 aromatic rings. The Balaban J connectivity index is 3.27. The fraction of sp³-hybridized carbons (Fsp3) is 0.706. The third kappa shape index (κ3) is 3.57. The highest BCUT2D eigenvalue weighted by Crippen LogP contribution is 2.35. The lowest BCUT2D eigenvalue weighted by Gasteiger charge is -2.29. The first kappa shape index (κ1) is 15.2. The van der Waals surface area contributed by atoms with E-state index in [1.54, 1.807) is 0 Å². The smallest absolute Gasteiger partial charge is 0.0728 e. The summed E-state index contributed by atoms with van der Waals surface area (Å²) in [6.45, 7) is 15.7. The Morgan fingerprint density at radius 3 is 2.00 bits per heavy atom. The Bertz CT molecular complexity index is 373. The van der Waals surface area contributed by atoms with E-state index in [4.69, 9.17) is 4.99 Å². The number of rotatable bonds is 2. The molecule has 2 unspecified atom stereocenters. The highest BCUT2D eigenvalue weighted by Gasteiger charge is 2.27. The van der Waals surface area contributed by atoms with E-state index in [9.17, 15) is 0 Å². The second-order valence-corrected chi connectivity index (χ2v) is 6.96. The average molecular weight is 247 g/mol. The molecule has 0 saturated carbocycles. The Hall–Kier alpha value is -0.850. The monoisotopic (exact) mass is 247 g/mol. The van der Waals surface area contributed by atoms with E-state index in [1.165, 1.54) is 0 Å². The van der Waals surface area contributed by atoms with E-state index >= 15 is 0 Å². The maximum atomic E-state index is 4.76. The third-order valence-corrected chi connectivity index (χ3v) is 4.37. The van der Waals surface area contributed by atoms with Gasteiger partial charge in [-0.1, -0.05) is 58.9 Å². The van der Waals surface area contributed by atoms with Gasteiger partial charge in [0.05, 0.1) is 5.54 Å². The van der Waals surface area contributed by atoms with E-state index in [0.29, 0.717) is 5.92 Å². The summed E-state index contributed by atoms with van der Waals surface area (Å²) in [7, 11) is 0. The van der Waals surface area contributed by atoms with E-state index < -0.39 is 0 Å². The molecule has 1 aliphatic heterocycles. The molecule has 0 fully saturated rings. The molecule has 0 spiro atoms. The number of hydrogen-bond acceptors (Lipinski definition) is 1. The SMILES string of the molecule is CCC1(C)C=NC(C)(C)/C=C\C(C)(C(C)C)/C=C\1. The van der Waals surface area contributed by atoms with Crippen molar-refractivity contribution in [1.29, 1.82) is 0 Å². The zero-order valence-corrected chi connectivity index (χ0v) is 13.1. The lowest BCUT2D eigenvalue weighted by molar-refractivity contribution is 0.377. The van der Waals surface area contributed by atoms with Crippen molar-refractivity contribution >= 4 is 6.21 Å². The molecule has 1 heterocycles. The molecule has 1 aliphatic rings. The minimum absolute atomic E-state index is 0.0689. The standard InChI is InChI=1S/C17H29N/c1-8-16(6)10-12-17(7,14(2)3)11-9-15(4,5)18-13-16/h9-14H,8H2,1-7H3/b11-9-,12-10-,18-13?. The molecule has 0 saturated heterocycles. The van der Waals surface area contributed by atoms with Crippen molar-refractivity contribution in [2.24, 2.45) is 21.7 Å². The van der Waals surface area contributed by atoms with Gasteiger partial charge in [-0.15, -0.1) is 0 Å². The predicted octanol–water partition coefficient (Wildman–Crippen LogP) is 5.04. The summed E-state index contributed by atoms with van der Waals surface area (Å²) in [6, 6.07) is 0. The molecule has 1 rings (SSSR count). The van der Waals surface area contributed by atoms with E-state index in [2.05, 4.69) is 79.0 Å². The zero-order valence-electron chi connectivity index (χ0n) is 13.1. The predicted molar refractivity (Wildman–Crippen MR) is 82.2 cm³/mol. The Kier molecular flexibility index (Phi) is 4.25. The molecule has 18 heavy (non-hydrogen) atoms. The van der Waals surface area contributed by atoms with Crippen LogP contribution in [0.25, 0.3) is 0 Å². The summed E-state index contributed by atoms with van der Waals surface area (Å²) in [5, 5.41) is 0. The fourth-order valence-electron chi connectivity index (χ4n) is 1.80. The van der Waals surface area contributed by atoms with E-state index in [1.807, 2.05) is 0 Å². The highest BCUT2D eigenvalue weighted by molar-refractivity contribution is 5.69. The van der Waals surface area contributed by atoms with Crippen LogP contribution >= 0.6 is 0 Å². The molecule has 0 aromatic carbocycles. The van der Waals surface area contributed by atoms with Crippen molar-refractivity contribution in [3.8, 4) is 0 Å². The van der Waals surface area contributed by atoms with Crippen molar-refractivity contribution in [2.45, 2.75) is 60.4 Å². The summed E-state index contributed by atoms with van der Waals surface area (Å²) >= 11 is 0. The van der Waals surface area contributed by atoms with Gasteiger partial charge in [0.1, 0.15) is 0 Å². The largest absolute Gasteiger partial charge is 0.286 e. The minimum atomic E-state index is -0.112. The minimum Gasteiger partial charge on any atom is -0.286 e. The second-order valence-electron chi connectivity index (χ2n) is 6.96. The van der Waals surface area contributed by atoms with Crippen LogP contribution in [0.3, 0.4) is 0 Å². The zero-order chi connectivity index (χ0) is 14.0. The van der Waals surface area contributed by atoms with Crippen LogP contribution in [-0.4, -0.2) is 11.8 Å². The van der Waals surface area contributed by atoms with Crippen LogP contribution in [0.15, 0.2) is 29.3 Å². The van der Waals surface area contributed by atoms with Gasteiger partial charge in [0.15, 0.2) is 0 Å². The van der Waals surface area contributed by atoms with Crippen molar-refractivity contribution in [1.82, 2.24) is 0 Å². The molecular formula is C17H29N. The van der Waals surface area contributed by atoms with Crippen molar-refractivity contribution in [2.75, 3.05) is 0 Å². The summed E-state index contributed by atoms with van der Waals surface area (Å²) in [4.78, 5) is 4.76. The summed E-state index contributed by atoms with van der Waals surface area (Å²) in [5.41, 5.74) is 0.0689. The van der Waals surface area contributed by atoms with Gasteiger partial charge < -0.3 is 0 Å². The van der Waals surface area contributed by atoms with E-state index in [0.717, 1.165) is 6.42 Å². The number of hydrogen-bond donors (Lipinski definition) is 0. The van der Waals surface area contributed by atoms with Gasteiger partial charge in [-0.3, -0.25) is 4.99 Å². The van der Waals surface area contributed by atoms with Gasteiger partial charge in [0.25, 0.3) is 0 Å². The molecule has 0 radical (unpaired) electrons. The van der Waals surface area contributed by atoms with Crippen LogP contribution in [-0.2, 0) is 0 Å². The molecular weight excluding hydrogens is 218 g/mol. The summed E-state index contributed by atoms with van der Waals surface area (Å²) in [6.07, 6.45) is 12.5. The molecule has 102 valence electrons. The van der Waals surface area contributed by atoms with E-state index in [-0.39, 0.29) is 16.4 Å². The van der Waals surface area contributed by atoms with Crippen LogP contribution in [0.1, 0.15) is 54.9 Å². The summed E-state index contributed by atoms with van der Waals surface area (Å²) < 4.78 is 0. The van der Waals surface area contributed by atoms with Gasteiger partial charge in [0.2, 0.25) is 0 Å². The van der Waals surface area contributed by atoms with Crippen LogP contribution in [0.2, 0.25) is 0 Å². The number of allylic oxidation sites excluding steroid dienone is 3. The van der Waals surface area contributed by atoms with Crippen LogP contribution in [0.4, 0.5) is 0 Å². The first-order valence-corrected chi connectivity index (χ1v) is 7.10. The topological polar surface area (TPSA) is 12.4 Å². The molecule has 0 bridgehead atoms. The quantitative estimate of drug-likeness (QED) is 0.606. The molecule has 0 aliphatic carbocycles. The maximum Gasteiger partial charge on any atom is 0.0728 e. The Labute approximate surface area is 113 Å². The first-order valence-electron chi connectivity index (χ1n) is 7.10. The van der Waals surface area contributed by atoms with Crippen LogP contribution in [0, 0.1) is 16.7 Å². The van der Waals surface area contributed by atoms with Crippen molar-refractivity contribution in [3.05, 3.63) is 24.3 Å². The van der Waals surface area contributed by atoms with Crippen molar-refractivity contribution in [3.63, 3.8) is 0 Å². The summed E-state index contributed by atoms with van der Waals surface area (Å²) in [5.74, 6) is 0.583. The molecule has 1 nitrogen and oxygen atoms in total. The van der Waals surface area contributed by atoms with Gasteiger partial charge in [0, 0.05) is 17.0 Å². The Morgan fingerprint density at radius 2 is 1.50 bits per heavy atom. The maximum absolute atomic E-state index is 4.76. The lowest BCUT2D eigenvalue weighted by atomic mass is 9.76. The molecule has 1 heteroatoms. The van der Waals surface area contributed by atoms with Gasteiger partial charge >= 0.3 is 0 Å². The molecule has 2 atom stereocenters. The van der Waals surface area contributed by atoms with Gasteiger partial charge in [-0.25, -0.2) is 0 Å². The second kappa shape index (κ2) is 5.03. The van der Waals surface area contributed by atoms with Crippen LogP contribution in [0.5, 0.6) is 0 Å². The third-order valence-electron chi connectivity index (χ3n) is 4.37. The molecule has 0 aromatic heterocycles. The van der Waals surface area contributed by atoms with Crippen LogP contribution < -0.4 is 0 Å². The van der Waals surface area contributed by atoms with Gasteiger partial charge in [-0.2, -0.15) is 0 Å². The number of nitrogens with zero attached hydrogens (tertiary/aromatic N) is 1. The number of aliphatic imine (C=N–C) groups is 1. The fourth-order valence-corrected chi connectivity index (χ4v) is 1.80. The molecule has 0 amide bonds. The normalized spacial score (nSPS) is 38.9. The van der Waals surface area contributed by atoms with Gasteiger partial charge in [-0.05, 0) is 26.2 Å². The molecule has 0 N–H and O–H groups in total. The Morgan fingerprint density at radius 1 is 0.944 bits per heavy atom.